The second kappa shape index (κ2) is 7.63. The maximum atomic E-state index is 11.9. The van der Waals surface area contributed by atoms with Crippen LogP contribution in [-0.2, 0) is 11.2 Å². The van der Waals surface area contributed by atoms with Crippen molar-refractivity contribution in [1.82, 2.24) is 5.32 Å². The Morgan fingerprint density at radius 2 is 2.00 bits per heavy atom. The van der Waals surface area contributed by atoms with Crippen molar-refractivity contribution in [2.75, 3.05) is 6.54 Å². The van der Waals surface area contributed by atoms with E-state index in [-0.39, 0.29) is 11.7 Å². The molecule has 0 saturated carbocycles. The predicted octanol–water partition coefficient (Wildman–Crippen LogP) is 2.75. The van der Waals surface area contributed by atoms with Gasteiger partial charge in [-0.3, -0.25) is 4.79 Å². The van der Waals surface area contributed by atoms with Crippen LogP contribution in [0.4, 0.5) is 8.78 Å². The van der Waals surface area contributed by atoms with Crippen LogP contribution >= 0.6 is 0 Å². The minimum Gasteiger partial charge on any atom is -0.435 e. The van der Waals surface area contributed by atoms with Crippen LogP contribution in [0, 0.1) is 0 Å². The van der Waals surface area contributed by atoms with Gasteiger partial charge in [-0.2, -0.15) is 8.78 Å². The summed E-state index contributed by atoms with van der Waals surface area (Å²) in [5.41, 5.74) is 0.966. The highest BCUT2D eigenvalue weighted by Crippen LogP contribution is 2.14. The van der Waals surface area contributed by atoms with Crippen molar-refractivity contribution in [2.45, 2.75) is 32.8 Å². The molecule has 1 rings (SSSR count). The summed E-state index contributed by atoms with van der Waals surface area (Å²) in [6, 6.07) is 6.41. The van der Waals surface area contributed by atoms with E-state index in [0.717, 1.165) is 12.0 Å². The Labute approximate surface area is 105 Å². The lowest BCUT2D eigenvalue weighted by molar-refractivity contribution is -0.121. The summed E-state index contributed by atoms with van der Waals surface area (Å²) in [6.45, 7) is -0.306. The van der Waals surface area contributed by atoms with Crippen LogP contribution < -0.4 is 10.1 Å². The zero-order valence-electron chi connectivity index (χ0n) is 10.3. The summed E-state index contributed by atoms with van der Waals surface area (Å²) in [5, 5.41) is 2.79. The van der Waals surface area contributed by atoms with E-state index in [2.05, 4.69) is 10.1 Å². The van der Waals surface area contributed by atoms with E-state index in [4.69, 9.17) is 0 Å². The Kier molecular flexibility index (Phi) is 6.11. The first-order chi connectivity index (χ1) is 8.61. The molecule has 1 N–H and O–H groups in total. The van der Waals surface area contributed by atoms with Gasteiger partial charge in [0.2, 0.25) is 5.91 Å². The van der Waals surface area contributed by atoms with Crippen LogP contribution in [0.5, 0.6) is 5.75 Å². The molecule has 0 aliphatic rings. The molecule has 0 fully saturated rings. The predicted molar refractivity (Wildman–Crippen MR) is 64.7 cm³/mol. The summed E-state index contributed by atoms with van der Waals surface area (Å²) in [4.78, 5) is 11.2. The van der Waals surface area contributed by atoms with E-state index in [0.29, 0.717) is 19.4 Å². The smallest absolute Gasteiger partial charge is 0.387 e. The number of alkyl halides is 2. The number of ether oxygens (including phenoxy) is 1. The van der Waals surface area contributed by atoms with Gasteiger partial charge in [0.15, 0.2) is 0 Å². The quantitative estimate of drug-likeness (QED) is 0.815. The van der Waals surface area contributed by atoms with E-state index in [1.807, 2.05) is 6.92 Å². The molecule has 0 bridgehead atoms. The van der Waals surface area contributed by atoms with Gasteiger partial charge < -0.3 is 10.1 Å². The van der Waals surface area contributed by atoms with Crippen molar-refractivity contribution in [3.8, 4) is 5.75 Å². The fourth-order valence-electron chi connectivity index (χ4n) is 1.50. The average Bonchev–Trinajstić information content (AvgIpc) is 2.31. The first-order valence-electron chi connectivity index (χ1n) is 5.92. The van der Waals surface area contributed by atoms with E-state index >= 15 is 0 Å². The highest BCUT2D eigenvalue weighted by Gasteiger charge is 2.04. The summed E-state index contributed by atoms with van der Waals surface area (Å²) in [7, 11) is 0. The number of benzene rings is 1. The van der Waals surface area contributed by atoms with Crippen molar-refractivity contribution in [3.05, 3.63) is 29.8 Å². The molecule has 0 unspecified atom stereocenters. The molecule has 0 radical (unpaired) electrons. The van der Waals surface area contributed by atoms with Gasteiger partial charge in [0, 0.05) is 13.0 Å². The molecule has 0 aliphatic heterocycles. The van der Waals surface area contributed by atoms with Gasteiger partial charge in [0.1, 0.15) is 5.75 Å². The normalized spacial score (nSPS) is 10.4. The zero-order valence-corrected chi connectivity index (χ0v) is 10.3. The Morgan fingerprint density at radius 1 is 1.33 bits per heavy atom. The molecule has 0 aromatic heterocycles. The second-order valence-corrected chi connectivity index (χ2v) is 3.87. The van der Waals surface area contributed by atoms with Crippen molar-refractivity contribution in [1.29, 1.82) is 0 Å². The summed E-state index contributed by atoms with van der Waals surface area (Å²) in [6.07, 6.45) is 2.02. The van der Waals surface area contributed by atoms with Gasteiger partial charge in [-0.15, -0.1) is 0 Å². The Bertz CT molecular complexity index is 366. The first kappa shape index (κ1) is 14.4. The van der Waals surface area contributed by atoms with Crippen LogP contribution in [0.25, 0.3) is 0 Å². The van der Waals surface area contributed by atoms with Gasteiger partial charge in [0.25, 0.3) is 0 Å². The first-order valence-corrected chi connectivity index (χ1v) is 5.92. The molecular formula is C13H17F2NO2. The molecule has 0 spiro atoms. The largest absolute Gasteiger partial charge is 0.435 e. The highest BCUT2D eigenvalue weighted by molar-refractivity contribution is 5.75. The van der Waals surface area contributed by atoms with Gasteiger partial charge in [0.05, 0.1) is 0 Å². The molecule has 100 valence electrons. The molecule has 18 heavy (non-hydrogen) atoms. The van der Waals surface area contributed by atoms with Crippen LogP contribution in [0.1, 0.15) is 25.3 Å². The lowest BCUT2D eigenvalue weighted by Gasteiger charge is -2.06. The second-order valence-electron chi connectivity index (χ2n) is 3.87. The summed E-state index contributed by atoms with van der Waals surface area (Å²) < 4.78 is 28.1. The Balaban J connectivity index is 2.33. The third-order valence-electron chi connectivity index (χ3n) is 2.36. The number of nitrogens with one attached hydrogen (secondary N) is 1. The molecular weight excluding hydrogens is 240 g/mol. The van der Waals surface area contributed by atoms with Crippen molar-refractivity contribution in [3.63, 3.8) is 0 Å². The molecule has 1 amide bonds. The highest BCUT2D eigenvalue weighted by atomic mass is 19.3. The topological polar surface area (TPSA) is 38.3 Å². The molecule has 0 saturated heterocycles. The third kappa shape index (κ3) is 5.61. The molecule has 0 aliphatic carbocycles. The standard InChI is InChI=1S/C13H17F2NO2/c1-2-3-12(17)16-9-8-10-4-6-11(7-5-10)18-13(14)15/h4-7,13H,2-3,8-9H2,1H3,(H,16,17). The SMILES string of the molecule is CCCC(=O)NCCc1ccc(OC(F)F)cc1. The number of hydrogen-bond acceptors (Lipinski definition) is 2. The number of hydrogen-bond donors (Lipinski definition) is 1. The lowest BCUT2D eigenvalue weighted by Crippen LogP contribution is -2.25. The number of rotatable bonds is 7. The summed E-state index contributed by atoms with van der Waals surface area (Å²) in [5.74, 6) is 0.180. The molecule has 0 heterocycles. The van der Waals surface area contributed by atoms with Gasteiger partial charge in [-0.1, -0.05) is 19.1 Å². The maximum absolute atomic E-state index is 11.9. The minimum atomic E-state index is -2.80. The van der Waals surface area contributed by atoms with Gasteiger partial charge in [-0.05, 0) is 30.5 Å². The lowest BCUT2D eigenvalue weighted by atomic mass is 10.1. The fourth-order valence-corrected chi connectivity index (χ4v) is 1.50. The number of carbonyl (C=O) groups excluding carboxylic acids is 1. The maximum Gasteiger partial charge on any atom is 0.387 e. The number of carbonyl (C=O) groups is 1. The van der Waals surface area contributed by atoms with Crippen LogP contribution in [0.3, 0.4) is 0 Å². The Morgan fingerprint density at radius 3 is 2.56 bits per heavy atom. The molecule has 3 nitrogen and oxygen atoms in total. The van der Waals surface area contributed by atoms with E-state index in [1.165, 1.54) is 12.1 Å². The van der Waals surface area contributed by atoms with E-state index < -0.39 is 6.61 Å². The van der Waals surface area contributed by atoms with Crippen LogP contribution in [-0.4, -0.2) is 19.1 Å². The Hall–Kier alpha value is -1.65. The summed E-state index contributed by atoms with van der Waals surface area (Å²) >= 11 is 0. The third-order valence-corrected chi connectivity index (χ3v) is 2.36. The van der Waals surface area contributed by atoms with Gasteiger partial charge in [-0.25, -0.2) is 0 Å². The number of halogens is 2. The monoisotopic (exact) mass is 257 g/mol. The van der Waals surface area contributed by atoms with Crippen molar-refractivity contribution < 1.29 is 18.3 Å². The number of amides is 1. The van der Waals surface area contributed by atoms with Crippen molar-refractivity contribution in [2.24, 2.45) is 0 Å². The van der Waals surface area contributed by atoms with Crippen molar-refractivity contribution >= 4 is 5.91 Å². The molecule has 1 aromatic carbocycles. The molecule has 1 aromatic rings. The average molecular weight is 257 g/mol. The van der Waals surface area contributed by atoms with E-state index in [9.17, 15) is 13.6 Å². The fraction of sp³-hybridized carbons (Fsp3) is 0.462. The molecule has 5 heteroatoms. The zero-order chi connectivity index (χ0) is 13.4. The van der Waals surface area contributed by atoms with Crippen LogP contribution in [0.15, 0.2) is 24.3 Å². The van der Waals surface area contributed by atoms with Crippen LogP contribution in [0.2, 0.25) is 0 Å². The van der Waals surface area contributed by atoms with Gasteiger partial charge >= 0.3 is 6.61 Å². The molecule has 0 atom stereocenters. The van der Waals surface area contributed by atoms with E-state index in [1.54, 1.807) is 12.1 Å². The minimum absolute atomic E-state index is 0.0372.